The van der Waals surface area contributed by atoms with Crippen LogP contribution >= 0.6 is 24.0 Å². The molecule has 2 rings (SSSR count). The summed E-state index contributed by atoms with van der Waals surface area (Å²) in [6, 6.07) is 11.2. The van der Waals surface area contributed by atoms with Crippen LogP contribution in [0.1, 0.15) is 45.2 Å². The zero-order valence-corrected chi connectivity index (χ0v) is 21.1. The van der Waals surface area contributed by atoms with E-state index in [1.54, 1.807) is 11.9 Å². The lowest BCUT2D eigenvalue weighted by atomic mass is 10.0. The van der Waals surface area contributed by atoms with E-state index in [2.05, 4.69) is 64.7 Å². The number of ether oxygens (including phenoxy) is 1. The van der Waals surface area contributed by atoms with Gasteiger partial charge in [-0.3, -0.25) is 9.89 Å². The van der Waals surface area contributed by atoms with Crippen LogP contribution in [0.15, 0.2) is 35.3 Å². The SMILES string of the molecule is CCOC(=O)N1CCC(NC(=NC)NCC(c2ccccc2)N(CC)CC)CC1.I. The summed E-state index contributed by atoms with van der Waals surface area (Å²) in [5.74, 6) is 0.813. The number of guanidine groups is 1. The summed E-state index contributed by atoms with van der Waals surface area (Å²) in [6.07, 6.45) is 1.56. The number of hydrogen-bond acceptors (Lipinski definition) is 4. The first-order chi connectivity index (χ1) is 14.1. The maximum Gasteiger partial charge on any atom is 0.409 e. The van der Waals surface area contributed by atoms with E-state index in [9.17, 15) is 4.79 Å². The number of benzene rings is 1. The number of amides is 1. The number of hydrogen-bond donors (Lipinski definition) is 2. The van der Waals surface area contributed by atoms with Crippen molar-refractivity contribution in [2.75, 3.05) is 46.4 Å². The van der Waals surface area contributed by atoms with Crippen LogP contribution < -0.4 is 10.6 Å². The van der Waals surface area contributed by atoms with E-state index in [1.165, 1.54) is 5.56 Å². The van der Waals surface area contributed by atoms with Crippen LogP contribution in [0, 0.1) is 0 Å². The molecule has 1 amide bonds. The lowest BCUT2D eigenvalue weighted by Gasteiger charge is -2.33. The summed E-state index contributed by atoms with van der Waals surface area (Å²) in [6.45, 7) is 10.8. The molecule has 7 nitrogen and oxygen atoms in total. The van der Waals surface area contributed by atoms with E-state index in [0.717, 1.165) is 38.4 Å². The standard InChI is InChI=1S/C22H37N5O2.HI/c1-5-26(6-2)20(18-11-9-8-10-12-18)17-24-21(23-4)25-19-13-15-27(16-14-19)22(28)29-7-3;/h8-12,19-20H,5-7,13-17H2,1-4H3,(H2,23,24,25);1H. The molecule has 0 aromatic heterocycles. The van der Waals surface area contributed by atoms with Gasteiger partial charge in [0.15, 0.2) is 5.96 Å². The number of piperidine rings is 1. The van der Waals surface area contributed by atoms with Gasteiger partial charge < -0.3 is 20.3 Å². The molecule has 1 unspecified atom stereocenters. The van der Waals surface area contributed by atoms with Gasteiger partial charge in [0.25, 0.3) is 0 Å². The van der Waals surface area contributed by atoms with Crippen molar-refractivity contribution < 1.29 is 9.53 Å². The van der Waals surface area contributed by atoms with Crippen LogP contribution in [-0.4, -0.2) is 74.3 Å². The number of carbonyl (C=O) groups excluding carboxylic acids is 1. The van der Waals surface area contributed by atoms with E-state index in [4.69, 9.17) is 4.74 Å². The van der Waals surface area contributed by atoms with Gasteiger partial charge in [-0.05, 0) is 38.4 Å². The Hall–Kier alpha value is -1.55. The summed E-state index contributed by atoms with van der Waals surface area (Å²) < 4.78 is 5.10. The minimum Gasteiger partial charge on any atom is -0.450 e. The Balaban J connectivity index is 0.00000450. The number of rotatable bonds is 8. The summed E-state index contributed by atoms with van der Waals surface area (Å²) in [7, 11) is 1.80. The van der Waals surface area contributed by atoms with Crippen LogP contribution in [0.2, 0.25) is 0 Å². The van der Waals surface area contributed by atoms with Crippen LogP contribution in [0.4, 0.5) is 4.79 Å². The first kappa shape index (κ1) is 26.5. The third kappa shape index (κ3) is 7.94. The van der Waals surface area contributed by atoms with Gasteiger partial charge in [0.2, 0.25) is 0 Å². The molecular formula is C22H38IN5O2. The monoisotopic (exact) mass is 531 g/mol. The van der Waals surface area contributed by atoms with Gasteiger partial charge in [0.1, 0.15) is 0 Å². The second-order valence-corrected chi connectivity index (χ2v) is 7.21. The van der Waals surface area contributed by atoms with Crippen LogP contribution in [0.5, 0.6) is 0 Å². The zero-order valence-electron chi connectivity index (χ0n) is 18.8. The molecule has 1 aromatic carbocycles. The maximum atomic E-state index is 11.9. The molecule has 0 bridgehead atoms. The average molecular weight is 531 g/mol. The lowest BCUT2D eigenvalue weighted by molar-refractivity contribution is 0.0963. The van der Waals surface area contributed by atoms with Crippen LogP contribution in [-0.2, 0) is 4.74 Å². The molecule has 2 N–H and O–H groups in total. The van der Waals surface area contributed by atoms with Crippen molar-refractivity contribution in [1.29, 1.82) is 0 Å². The highest BCUT2D eigenvalue weighted by molar-refractivity contribution is 14.0. The number of likely N-dealkylation sites (N-methyl/N-ethyl adjacent to an activating group) is 1. The van der Waals surface area contributed by atoms with Crippen molar-refractivity contribution in [2.45, 2.75) is 45.7 Å². The molecule has 0 radical (unpaired) electrons. The van der Waals surface area contributed by atoms with Crippen molar-refractivity contribution in [3.8, 4) is 0 Å². The molecule has 170 valence electrons. The fraction of sp³-hybridized carbons (Fsp3) is 0.636. The van der Waals surface area contributed by atoms with Gasteiger partial charge in [-0.1, -0.05) is 44.2 Å². The minimum atomic E-state index is -0.210. The van der Waals surface area contributed by atoms with Crippen molar-refractivity contribution in [3.63, 3.8) is 0 Å². The highest BCUT2D eigenvalue weighted by Gasteiger charge is 2.24. The topological polar surface area (TPSA) is 69.2 Å². The summed E-state index contributed by atoms with van der Waals surface area (Å²) in [5.41, 5.74) is 1.31. The number of halogens is 1. The van der Waals surface area contributed by atoms with E-state index in [-0.39, 0.29) is 36.1 Å². The average Bonchev–Trinajstić information content (AvgIpc) is 2.77. The Kier molecular flexibility index (Phi) is 12.8. The normalized spacial score (nSPS) is 16.0. The molecule has 1 aliphatic heterocycles. The highest BCUT2D eigenvalue weighted by atomic mass is 127. The van der Waals surface area contributed by atoms with Crippen molar-refractivity contribution >= 4 is 36.0 Å². The molecule has 8 heteroatoms. The smallest absolute Gasteiger partial charge is 0.409 e. The second kappa shape index (κ2) is 14.5. The Morgan fingerprint density at radius 3 is 2.37 bits per heavy atom. The molecule has 0 spiro atoms. The fourth-order valence-electron chi connectivity index (χ4n) is 3.80. The molecule has 1 aliphatic rings. The summed E-state index contributed by atoms with van der Waals surface area (Å²) >= 11 is 0. The number of nitrogens with one attached hydrogen (secondary N) is 2. The molecule has 0 aliphatic carbocycles. The van der Waals surface area contributed by atoms with Crippen molar-refractivity contribution in [3.05, 3.63) is 35.9 Å². The Morgan fingerprint density at radius 2 is 1.83 bits per heavy atom. The minimum absolute atomic E-state index is 0. The summed E-state index contributed by atoms with van der Waals surface area (Å²) in [4.78, 5) is 20.5. The van der Waals surface area contributed by atoms with Gasteiger partial charge in [-0.2, -0.15) is 0 Å². The third-order valence-corrected chi connectivity index (χ3v) is 5.49. The van der Waals surface area contributed by atoms with Gasteiger partial charge in [0, 0.05) is 32.7 Å². The number of aliphatic imine (C=N–C) groups is 1. The zero-order chi connectivity index (χ0) is 21.1. The highest BCUT2D eigenvalue weighted by Crippen LogP contribution is 2.19. The van der Waals surface area contributed by atoms with Gasteiger partial charge in [-0.15, -0.1) is 24.0 Å². The van der Waals surface area contributed by atoms with E-state index < -0.39 is 0 Å². The van der Waals surface area contributed by atoms with Gasteiger partial charge >= 0.3 is 6.09 Å². The lowest BCUT2D eigenvalue weighted by Crippen LogP contribution is -2.51. The van der Waals surface area contributed by atoms with Gasteiger partial charge in [-0.25, -0.2) is 4.79 Å². The first-order valence-electron chi connectivity index (χ1n) is 10.8. The van der Waals surface area contributed by atoms with E-state index in [0.29, 0.717) is 25.7 Å². The van der Waals surface area contributed by atoms with Crippen molar-refractivity contribution in [1.82, 2.24) is 20.4 Å². The number of likely N-dealkylation sites (tertiary alicyclic amines) is 1. The molecule has 1 fully saturated rings. The molecule has 1 heterocycles. The maximum absolute atomic E-state index is 11.9. The summed E-state index contributed by atoms with van der Waals surface area (Å²) in [5, 5.41) is 7.03. The Morgan fingerprint density at radius 1 is 1.20 bits per heavy atom. The molecule has 0 saturated carbocycles. The first-order valence-corrected chi connectivity index (χ1v) is 10.8. The van der Waals surface area contributed by atoms with Crippen molar-refractivity contribution in [2.24, 2.45) is 4.99 Å². The van der Waals surface area contributed by atoms with E-state index in [1.807, 2.05) is 6.92 Å². The fourth-order valence-corrected chi connectivity index (χ4v) is 3.80. The largest absolute Gasteiger partial charge is 0.450 e. The van der Waals surface area contributed by atoms with Gasteiger partial charge in [0.05, 0.1) is 12.6 Å². The van der Waals surface area contributed by atoms with Crippen LogP contribution in [0.3, 0.4) is 0 Å². The molecule has 1 saturated heterocycles. The number of carbonyl (C=O) groups is 1. The molecular weight excluding hydrogens is 493 g/mol. The predicted octanol–water partition coefficient (Wildman–Crippen LogP) is 3.47. The Bertz CT molecular complexity index is 632. The molecule has 1 atom stereocenters. The quantitative estimate of drug-likeness (QED) is 0.306. The second-order valence-electron chi connectivity index (χ2n) is 7.21. The predicted molar refractivity (Wildman–Crippen MR) is 134 cm³/mol. The van der Waals surface area contributed by atoms with Crippen LogP contribution in [0.25, 0.3) is 0 Å². The molecule has 1 aromatic rings. The molecule has 30 heavy (non-hydrogen) atoms. The number of nitrogens with zero attached hydrogens (tertiary/aromatic N) is 3. The Labute approximate surface area is 198 Å². The van der Waals surface area contributed by atoms with E-state index >= 15 is 0 Å². The third-order valence-electron chi connectivity index (χ3n) is 5.49.